The Morgan fingerprint density at radius 2 is 1.88 bits per heavy atom. The average molecular weight is 349 g/mol. The van der Waals surface area contributed by atoms with Gasteiger partial charge in [-0.05, 0) is 104 Å². The van der Waals surface area contributed by atoms with Gasteiger partial charge in [-0.25, -0.2) is 0 Å². The van der Waals surface area contributed by atoms with E-state index in [4.69, 9.17) is 0 Å². The largest absolute Gasteiger partial charge is 0.0998 e. The molecule has 0 radical (unpaired) electrons. The third-order valence-corrected chi connectivity index (χ3v) is 9.75. The standard InChI is InChI=1S/C26H36/c1-17(2)22-10-11-23-21-9-8-20-16-19(18-6-5-7-18)12-14-25(20,3)24(21)13-15-26(22,23)4/h5-8,19,21-24H,1,9-16H2,2-4H3/t19-,21?,22+,23?,24?,25-,26+/m0/s1. The molecule has 0 aromatic rings. The second kappa shape index (κ2) is 5.73. The van der Waals surface area contributed by atoms with Crippen molar-refractivity contribution in [3.05, 3.63) is 47.6 Å². The molecule has 0 heterocycles. The van der Waals surface area contributed by atoms with Crippen molar-refractivity contribution in [1.82, 2.24) is 0 Å². The highest BCUT2D eigenvalue weighted by Gasteiger charge is 2.58. The lowest BCUT2D eigenvalue weighted by Gasteiger charge is -2.58. The minimum atomic E-state index is 0.496. The van der Waals surface area contributed by atoms with E-state index in [1.54, 1.807) is 5.57 Å². The van der Waals surface area contributed by atoms with Gasteiger partial charge in [0.05, 0.1) is 0 Å². The van der Waals surface area contributed by atoms with Crippen LogP contribution in [-0.2, 0) is 0 Å². The molecule has 0 aromatic carbocycles. The quantitative estimate of drug-likeness (QED) is 0.461. The molecule has 3 saturated carbocycles. The highest BCUT2D eigenvalue weighted by atomic mass is 14.6. The van der Waals surface area contributed by atoms with E-state index in [0.717, 1.165) is 29.6 Å². The zero-order valence-electron chi connectivity index (χ0n) is 17.1. The Bertz CT molecular complexity index is 718. The minimum absolute atomic E-state index is 0.496. The number of hydrogen-bond donors (Lipinski definition) is 0. The summed E-state index contributed by atoms with van der Waals surface area (Å²) in [6, 6.07) is 0. The van der Waals surface area contributed by atoms with E-state index < -0.39 is 0 Å². The molecule has 0 amide bonds. The number of allylic oxidation sites excluding steroid dienone is 7. The van der Waals surface area contributed by atoms with Gasteiger partial charge in [0.2, 0.25) is 0 Å². The first-order chi connectivity index (χ1) is 12.4. The van der Waals surface area contributed by atoms with Crippen LogP contribution < -0.4 is 0 Å². The molecular formula is C26H36. The number of fused-ring (bicyclic) bond motifs is 5. The van der Waals surface area contributed by atoms with Crippen LogP contribution in [0.4, 0.5) is 0 Å². The Balaban J connectivity index is 1.43. The zero-order chi connectivity index (χ0) is 18.1. The van der Waals surface area contributed by atoms with E-state index in [9.17, 15) is 0 Å². The Hall–Kier alpha value is -1.04. The molecule has 0 saturated heterocycles. The fourth-order valence-corrected chi connectivity index (χ4v) is 8.23. The van der Waals surface area contributed by atoms with Crippen LogP contribution in [0.3, 0.4) is 0 Å². The number of hydrogen-bond acceptors (Lipinski definition) is 0. The maximum atomic E-state index is 4.37. The fourth-order valence-electron chi connectivity index (χ4n) is 8.23. The van der Waals surface area contributed by atoms with Crippen molar-refractivity contribution in [2.75, 3.05) is 0 Å². The van der Waals surface area contributed by atoms with Gasteiger partial charge in [0.1, 0.15) is 0 Å². The van der Waals surface area contributed by atoms with Gasteiger partial charge in [0, 0.05) is 0 Å². The summed E-state index contributed by atoms with van der Waals surface area (Å²) in [6.07, 6.45) is 20.9. The van der Waals surface area contributed by atoms with Gasteiger partial charge in [0.15, 0.2) is 0 Å². The van der Waals surface area contributed by atoms with Crippen molar-refractivity contribution in [3.8, 4) is 0 Å². The molecule has 3 fully saturated rings. The molecule has 3 unspecified atom stereocenters. The summed E-state index contributed by atoms with van der Waals surface area (Å²) in [7, 11) is 0. The van der Waals surface area contributed by atoms with E-state index in [0.29, 0.717) is 10.8 Å². The topological polar surface area (TPSA) is 0 Å². The van der Waals surface area contributed by atoms with Gasteiger partial charge in [0.25, 0.3) is 0 Å². The first-order valence-electron chi connectivity index (χ1n) is 11.2. The number of rotatable bonds is 2. The van der Waals surface area contributed by atoms with Gasteiger partial charge in [-0.3, -0.25) is 0 Å². The van der Waals surface area contributed by atoms with Gasteiger partial charge in [-0.15, -0.1) is 0 Å². The molecule has 7 atom stereocenters. The average Bonchev–Trinajstić information content (AvgIpc) is 2.91. The van der Waals surface area contributed by atoms with Crippen molar-refractivity contribution in [2.24, 2.45) is 40.4 Å². The van der Waals surface area contributed by atoms with Crippen LogP contribution in [-0.4, -0.2) is 0 Å². The normalized spacial score (nSPS) is 49.3. The lowest BCUT2D eigenvalue weighted by molar-refractivity contribution is -0.0382. The maximum absolute atomic E-state index is 4.37. The Labute approximate surface area is 160 Å². The Morgan fingerprint density at radius 3 is 2.58 bits per heavy atom. The third kappa shape index (κ3) is 2.20. The summed E-state index contributed by atoms with van der Waals surface area (Å²) < 4.78 is 0. The summed E-state index contributed by atoms with van der Waals surface area (Å²) in [5.74, 6) is 4.40. The summed E-state index contributed by atoms with van der Waals surface area (Å²) in [5, 5.41) is 0. The van der Waals surface area contributed by atoms with Crippen LogP contribution in [0, 0.1) is 40.4 Å². The highest BCUT2D eigenvalue weighted by Crippen LogP contribution is 2.67. The molecule has 0 spiro atoms. The minimum Gasteiger partial charge on any atom is -0.0998 e. The molecule has 140 valence electrons. The highest BCUT2D eigenvalue weighted by molar-refractivity contribution is 5.39. The van der Waals surface area contributed by atoms with Crippen LogP contribution in [0.25, 0.3) is 0 Å². The molecule has 0 heteroatoms. The molecule has 5 aliphatic rings. The van der Waals surface area contributed by atoms with Gasteiger partial charge >= 0.3 is 0 Å². The molecule has 0 aromatic heterocycles. The molecule has 0 aliphatic heterocycles. The van der Waals surface area contributed by atoms with Crippen LogP contribution in [0.1, 0.15) is 72.1 Å². The second-order valence-corrected chi connectivity index (χ2v) is 10.7. The van der Waals surface area contributed by atoms with Gasteiger partial charge in [-0.1, -0.05) is 55.9 Å². The van der Waals surface area contributed by atoms with Crippen LogP contribution in [0.5, 0.6) is 0 Å². The SMILES string of the molecule is C=C(C)[C@H]1CCC2C3CC=C4C[C@@H](C5=CC=C5)CC[C@]4(C)C3CC[C@@]21C. The first-order valence-corrected chi connectivity index (χ1v) is 11.2. The summed E-state index contributed by atoms with van der Waals surface area (Å²) in [4.78, 5) is 0. The van der Waals surface area contributed by atoms with Crippen LogP contribution in [0.15, 0.2) is 47.6 Å². The maximum Gasteiger partial charge on any atom is -0.00848 e. The predicted octanol–water partition coefficient (Wildman–Crippen LogP) is 7.25. The lowest BCUT2D eigenvalue weighted by Crippen LogP contribution is -2.50. The monoisotopic (exact) mass is 348 g/mol. The smallest absolute Gasteiger partial charge is 0.00848 e. The summed E-state index contributed by atoms with van der Waals surface area (Å²) >= 11 is 0. The Kier molecular flexibility index (Phi) is 3.76. The third-order valence-electron chi connectivity index (χ3n) is 9.75. The molecule has 0 bridgehead atoms. The zero-order valence-corrected chi connectivity index (χ0v) is 17.1. The van der Waals surface area contributed by atoms with Crippen molar-refractivity contribution >= 4 is 0 Å². The molecule has 5 aliphatic carbocycles. The van der Waals surface area contributed by atoms with E-state index in [2.05, 4.69) is 51.7 Å². The molecule has 26 heavy (non-hydrogen) atoms. The first kappa shape index (κ1) is 17.1. The van der Waals surface area contributed by atoms with Crippen LogP contribution >= 0.6 is 0 Å². The molecule has 0 nitrogen and oxygen atoms in total. The molecular weight excluding hydrogens is 312 g/mol. The van der Waals surface area contributed by atoms with Crippen molar-refractivity contribution in [1.29, 1.82) is 0 Å². The predicted molar refractivity (Wildman–Crippen MR) is 111 cm³/mol. The van der Waals surface area contributed by atoms with Crippen molar-refractivity contribution < 1.29 is 0 Å². The van der Waals surface area contributed by atoms with E-state index in [-0.39, 0.29) is 0 Å². The molecule has 0 N–H and O–H groups in total. The van der Waals surface area contributed by atoms with Crippen LogP contribution in [0.2, 0.25) is 0 Å². The lowest BCUT2D eigenvalue weighted by atomic mass is 9.46. The summed E-state index contributed by atoms with van der Waals surface area (Å²) in [5.41, 5.74) is 5.93. The fraction of sp³-hybridized carbons (Fsp3) is 0.692. The van der Waals surface area contributed by atoms with Gasteiger partial charge < -0.3 is 0 Å². The molecule has 5 rings (SSSR count). The second-order valence-electron chi connectivity index (χ2n) is 10.7. The van der Waals surface area contributed by atoms with E-state index >= 15 is 0 Å². The summed E-state index contributed by atoms with van der Waals surface area (Å²) in [6.45, 7) is 11.9. The van der Waals surface area contributed by atoms with Crippen molar-refractivity contribution in [3.63, 3.8) is 0 Å². The van der Waals surface area contributed by atoms with E-state index in [1.807, 2.05) is 5.57 Å². The Morgan fingerprint density at radius 1 is 1.08 bits per heavy atom. The van der Waals surface area contributed by atoms with E-state index in [1.165, 1.54) is 56.9 Å². The van der Waals surface area contributed by atoms with Gasteiger partial charge in [-0.2, -0.15) is 0 Å². The van der Waals surface area contributed by atoms with Crippen molar-refractivity contribution in [2.45, 2.75) is 72.1 Å².